The molecule has 0 radical (unpaired) electrons. The van der Waals surface area contributed by atoms with E-state index in [2.05, 4.69) is 45.1 Å². The molecule has 1 aliphatic heterocycles. The fourth-order valence-corrected chi connectivity index (χ4v) is 2.35. The van der Waals surface area contributed by atoms with E-state index in [-0.39, 0.29) is 24.8 Å². The van der Waals surface area contributed by atoms with Crippen molar-refractivity contribution in [2.45, 2.75) is 19.0 Å². The van der Waals surface area contributed by atoms with Crippen LogP contribution in [0.3, 0.4) is 0 Å². The number of hydrogen-bond acceptors (Lipinski definition) is 2. The molecule has 2 nitrogen and oxygen atoms in total. The summed E-state index contributed by atoms with van der Waals surface area (Å²) in [5.41, 5.74) is 7.21. The summed E-state index contributed by atoms with van der Waals surface area (Å²) in [7, 11) is 0. The van der Waals surface area contributed by atoms with Crippen molar-refractivity contribution in [2.75, 3.05) is 13.1 Å². The van der Waals surface area contributed by atoms with Crippen molar-refractivity contribution < 1.29 is 0 Å². The molecular weight excluding hydrogens is 311 g/mol. The van der Waals surface area contributed by atoms with Crippen LogP contribution in [0.2, 0.25) is 0 Å². The number of benzene rings is 1. The maximum atomic E-state index is 5.86. The van der Waals surface area contributed by atoms with Crippen LogP contribution in [0.5, 0.6) is 0 Å². The highest BCUT2D eigenvalue weighted by Crippen LogP contribution is 2.16. The van der Waals surface area contributed by atoms with Crippen LogP contribution in [-0.2, 0) is 6.54 Å². The quantitative estimate of drug-likeness (QED) is 0.905. The second-order valence-electron chi connectivity index (χ2n) is 3.91. The Morgan fingerprint density at radius 3 is 2.69 bits per heavy atom. The Morgan fingerprint density at radius 1 is 1.38 bits per heavy atom. The minimum atomic E-state index is 0. The summed E-state index contributed by atoms with van der Waals surface area (Å²) in [6.07, 6.45) is 1.13. The fraction of sp³-hybridized carbons (Fsp3) is 0.455. The third-order valence-electron chi connectivity index (χ3n) is 2.60. The molecule has 0 spiro atoms. The van der Waals surface area contributed by atoms with E-state index in [9.17, 15) is 0 Å². The highest BCUT2D eigenvalue weighted by atomic mass is 79.9. The molecule has 0 amide bonds. The van der Waals surface area contributed by atoms with Gasteiger partial charge in [0.1, 0.15) is 0 Å². The van der Waals surface area contributed by atoms with Gasteiger partial charge in [-0.05, 0) is 24.1 Å². The highest BCUT2D eigenvalue weighted by molar-refractivity contribution is 9.10. The van der Waals surface area contributed by atoms with Crippen molar-refractivity contribution in [3.63, 3.8) is 0 Å². The lowest BCUT2D eigenvalue weighted by Crippen LogP contribution is -2.26. The highest BCUT2D eigenvalue weighted by Gasteiger charge is 2.18. The zero-order valence-corrected chi connectivity index (χ0v) is 12.2. The number of halogens is 3. The third-order valence-corrected chi connectivity index (χ3v) is 3.10. The number of hydrogen-bond donors (Lipinski definition) is 1. The van der Waals surface area contributed by atoms with Crippen molar-refractivity contribution >= 4 is 40.7 Å². The maximum Gasteiger partial charge on any atom is 0.0234 e. The number of likely N-dealkylation sites (tertiary alicyclic amines) is 1. The Kier molecular flexibility index (Phi) is 7.61. The third kappa shape index (κ3) is 4.60. The van der Waals surface area contributed by atoms with Crippen LogP contribution in [0.4, 0.5) is 0 Å². The first kappa shape index (κ1) is 16.2. The van der Waals surface area contributed by atoms with Gasteiger partial charge in [-0.25, -0.2) is 0 Å². The summed E-state index contributed by atoms with van der Waals surface area (Å²) in [4.78, 5) is 2.41. The Bertz CT molecular complexity index is 323. The van der Waals surface area contributed by atoms with Gasteiger partial charge in [-0.2, -0.15) is 0 Å². The largest absolute Gasteiger partial charge is 0.326 e. The predicted octanol–water partition coefficient (Wildman–Crippen LogP) is 2.83. The molecule has 0 saturated carbocycles. The van der Waals surface area contributed by atoms with Crippen LogP contribution in [-0.4, -0.2) is 24.0 Å². The Labute approximate surface area is 118 Å². The summed E-state index contributed by atoms with van der Waals surface area (Å²) < 4.78 is 1.15. The van der Waals surface area contributed by atoms with E-state index in [1.807, 2.05) is 0 Å². The van der Waals surface area contributed by atoms with Gasteiger partial charge in [0.15, 0.2) is 0 Å². The predicted molar refractivity (Wildman–Crippen MR) is 76.5 cm³/mol. The lowest BCUT2D eigenvalue weighted by molar-refractivity contribution is 0.327. The molecule has 16 heavy (non-hydrogen) atoms. The summed E-state index contributed by atoms with van der Waals surface area (Å²) in [5, 5.41) is 0. The Hall–Kier alpha value is 0.200. The van der Waals surface area contributed by atoms with E-state index in [0.29, 0.717) is 6.04 Å². The molecule has 1 fully saturated rings. The van der Waals surface area contributed by atoms with Gasteiger partial charge in [0.25, 0.3) is 0 Å². The zero-order valence-electron chi connectivity index (χ0n) is 8.93. The number of nitrogens with zero attached hydrogens (tertiary/aromatic N) is 1. The standard InChI is InChI=1S/C11H15BrN2.2ClH/c12-10-3-1-2-9(6-10)7-14-5-4-11(13)8-14;;/h1-3,6,11H,4-5,7-8,13H2;2*1H/t11-;;/m0../s1. The molecule has 2 rings (SSSR count). The molecule has 5 heteroatoms. The van der Waals surface area contributed by atoms with Gasteiger partial charge in [0.2, 0.25) is 0 Å². The molecule has 0 bridgehead atoms. The maximum absolute atomic E-state index is 5.86. The van der Waals surface area contributed by atoms with Gasteiger partial charge in [0.05, 0.1) is 0 Å². The molecule has 0 aromatic heterocycles. The SMILES string of the molecule is Cl.Cl.N[C@H]1CCN(Cc2cccc(Br)c2)C1. The number of nitrogens with two attached hydrogens (primary N) is 1. The van der Waals surface area contributed by atoms with Crippen LogP contribution in [0.25, 0.3) is 0 Å². The van der Waals surface area contributed by atoms with Crippen LogP contribution in [0, 0.1) is 0 Å². The van der Waals surface area contributed by atoms with Gasteiger partial charge in [-0.1, -0.05) is 28.1 Å². The molecule has 1 atom stereocenters. The second kappa shape index (κ2) is 7.51. The van der Waals surface area contributed by atoms with Crippen LogP contribution < -0.4 is 5.73 Å². The van der Waals surface area contributed by atoms with E-state index in [0.717, 1.165) is 30.5 Å². The smallest absolute Gasteiger partial charge is 0.0234 e. The Balaban J connectivity index is 0.00000112. The van der Waals surface area contributed by atoms with E-state index < -0.39 is 0 Å². The molecule has 92 valence electrons. The topological polar surface area (TPSA) is 29.3 Å². The first-order valence-corrected chi connectivity index (χ1v) is 5.76. The van der Waals surface area contributed by atoms with Crippen molar-refractivity contribution in [3.05, 3.63) is 34.3 Å². The molecule has 0 aliphatic carbocycles. The summed E-state index contributed by atoms with van der Waals surface area (Å²) in [5.74, 6) is 0. The summed E-state index contributed by atoms with van der Waals surface area (Å²) in [6.45, 7) is 3.19. The molecular formula is C11H17BrCl2N2. The monoisotopic (exact) mass is 326 g/mol. The molecule has 1 saturated heterocycles. The zero-order chi connectivity index (χ0) is 9.97. The Morgan fingerprint density at radius 2 is 2.12 bits per heavy atom. The fourth-order valence-electron chi connectivity index (χ4n) is 1.90. The van der Waals surface area contributed by atoms with Crippen LogP contribution >= 0.6 is 40.7 Å². The molecule has 0 unspecified atom stereocenters. The first-order valence-electron chi connectivity index (χ1n) is 4.96. The van der Waals surface area contributed by atoms with Gasteiger partial charge in [0, 0.05) is 30.1 Å². The second-order valence-corrected chi connectivity index (χ2v) is 4.83. The van der Waals surface area contributed by atoms with Crippen molar-refractivity contribution in [2.24, 2.45) is 5.73 Å². The lowest BCUT2D eigenvalue weighted by Gasteiger charge is -2.15. The van der Waals surface area contributed by atoms with Crippen molar-refractivity contribution in [3.8, 4) is 0 Å². The van der Waals surface area contributed by atoms with E-state index in [1.54, 1.807) is 0 Å². The van der Waals surface area contributed by atoms with E-state index in [1.165, 1.54) is 5.56 Å². The molecule has 1 aromatic rings. The van der Waals surface area contributed by atoms with Gasteiger partial charge in [-0.15, -0.1) is 24.8 Å². The number of rotatable bonds is 2. The molecule has 1 heterocycles. The van der Waals surface area contributed by atoms with E-state index >= 15 is 0 Å². The summed E-state index contributed by atoms with van der Waals surface area (Å²) >= 11 is 3.48. The lowest BCUT2D eigenvalue weighted by atomic mass is 10.2. The van der Waals surface area contributed by atoms with Crippen LogP contribution in [0.1, 0.15) is 12.0 Å². The van der Waals surface area contributed by atoms with E-state index in [4.69, 9.17) is 5.73 Å². The molecule has 1 aliphatic rings. The normalized spacial score (nSPS) is 20.0. The van der Waals surface area contributed by atoms with Crippen LogP contribution in [0.15, 0.2) is 28.7 Å². The average Bonchev–Trinajstić information content (AvgIpc) is 2.51. The minimum absolute atomic E-state index is 0. The minimum Gasteiger partial charge on any atom is -0.326 e. The van der Waals surface area contributed by atoms with Gasteiger partial charge >= 0.3 is 0 Å². The van der Waals surface area contributed by atoms with Gasteiger partial charge < -0.3 is 5.73 Å². The average molecular weight is 328 g/mol. The van der Waals surface area contributed by atoms with Crippen molar-refractivity contribution in [1.82, 2.24) is 4.90 Å². The molecule has 2 N–H and O–H groups in total. The van der Waals surface area contributed by atoms with Crippen molar-refractivity contribution in [1.29, 1.82) is 0 Å². The first-order chi connectivity index (χ1) is 6.74. The van der Waals surface area contributed by atoms with Gasteiger partial charge in [-0.3, -0.25) is 4.90 Å². The summed E-state index contributed by atoms with van der Waals surface area (Å²) in [6, 6.07) is 8.84. The molecule has 1 aromatic carbocycles.